The Balaban J connectivity index is 1.55. The van der Waals surface area contributed by atoms with Gasteiger partial charge in [-0.2, -0.15) is 0 Å². The molecule has 156 valence electrons. The molecule has 12 atom stereocenters. The monoisotopic (exact) mass is 391 g/mol. The van der Waals surface area contributed by atoms with Crippen LogP contribution in [0.1, 0.15) is 46.0 Å². The van der Waals surface area contributed by atoms with Crippen molar-refractivity contribution in [3.05, 3.63) is 0 Å². The number of hydrogen-bond donors (Lipinski definition) is 3. The van der Waals surface area contributed by atoms with Crippen molar-refractivity contribution < 1.29 is 24.5 Å². The number of piperidine rings is 1. The molecule has 0 radical (unpaired) electrons. The van der Waals surface area contributed by atoms with Crippen LogP contribution in [0.3, 0.4) is 0 Å². The summed E-state index contributed by atoms with van der Waals surface area (Å²) >= 11 is 0. The van der Waals surface area contributed by atoms with Crippen LogP contribution in [0.4, 0.5) is 0 Å². The summed E-state index contributed by atoms with van der Waals surface area (Å²) in [6.45, 7) is 4.82. The van der Waals surface area contributed by atoms with Gasteiger partial charge < -0.3 is 25.0 Å². The van der Waals surface area contributed by atoms with E-state index in [-0.39, 0.29) is 64.8 Å². The van der Waals surface area contributed by atoms with Gasteiger partial charge in [-0.05, 0) is 42.9 Å². The van der Waals surface area contributed by atoms with Crippen molar-refractivity contribution >= 4 is 5.97 Å². The number of carbonyl (C=O) groups excluding carboxylic acids is 1. The topological polar surface area (TPSA) is 88.0 Å². The minimum atomic E-state index is -0.899. The molecule has 1 saturated heterocycles. The minimum absolute atomic E-state index is 0.0862. The first-order valence-electron chi connectivity index (χ1n) is 11.1. The lowest BCUT2D eigenvalue weighted by Crippen LogP contribution is -2.75. The summed E-state index contributed by atoms with van der Waals surface area (Å²) in [7, 11) is 1.71. The summed E-state index contributed by atoms with van der Waals surface area (Å²) in [5.41, 5.74) is -0.929. The fourth-order valence-corrected chi connectivity index (χ4v) is 9.68. The molecule has 1 aliphatic heterocycles. The Bertz CT molecular complexity index is 730. The molecule has 6 nitrogen and oxygen atoms in total. The van der Waals surface area contributed by atoms with Gasteiger partial charge in [-0.3, -0.25) is 4.79 Å². The van der Waals surface area contributed by atoms with Crippen LogP contribution in [0.15, 0.2) is 0 Å². The first kappa shape index (κ1) is 18.1. The van der Waals surface area contributed by atoms with E-state index >= 15 is 0 Å². The predicted molar refractivity (Wildman–Crippen MR) is 100 cm³/mol. The maximum atomic E-state index is 12.2. The summed E-state index contributed by atoms with van der Waals surface area (Å²) in [5.74, 6) is 0.427. The number of carbonyl (C=O) groups is 1. The van der Waals surface area contributed by atoms with Crippen LogP contribution in [-0.4, -0.2) is 59.8 Å². The van der Waals surface area contributed by atoms with Crippen molar-refractivity contribution in [3.8, 4) is 0 Å². The number of fused-ring (bicyclic) bond motifs is 2. The largest absolute Gasteiger partial charge is 0.462 e. The fraction of sp³-hybridized carbons (Fsp3) is 0.955. The molecule has 5 aliphatic carbocycles. The average molecular weight is 392 g/mol. The molecule has 7 bridgehead atoms. The van der Waals surface area contributed by atoms with Gasteiger partial charge in [0.15, 0.2) is 0 Å². The molecule has 6 heteroatoms. The highest BCUT2D eigenvalue weighted by Gasteiger charge is 2.82. The average Bonchev–Trinajstić information content (AvgIpc) is 3.07. The van der Waals surface area contributed by atoms with E-state index in [1.807, 2.05) is 0 Å². The number of ether oxygens (including phenoxy) is 2. The molecule has 28 heavy (non-hydrogen) atoms. The van der Waals surface area contributed by atoms with Crippen LogP contribution in [0.5, 0.6) is 0 Å². The number of aliphatic hydroxyl groups excluding tert-OH is 1. The molecule has 6 rings (SSSR count). The molecular formula is C22H33NO5. The highest BCUT2D eigenvalue weighted by molar-refractivity contribution is 5.66. The van der Waals surface area contributed by atoms with Gasteiger partial charge in [-0.25, -0.2) is 0 Å². The van der Waals surface area contributed by atoms with E-state index in [2.05, 4.69) is 12.2 Å². The SMILES string of the molecule is CO[C@H]1C[C@@]2(O)[C@H]3[C@@H](OC(C)=O)[C@@H]1C[C@H]3[C@]13C4NC[C@](C)(CC[C@@H]1O)[C@H]3C[C@@H]42. The smallest absolute Gasteiger partial charge is 0.302 e. The van der Waals surface area contributed by atoms with E-state index in [9.17, 15) is 15.0 Å². The Morgan fingerprint density at radius 3 is 2.75 bits per heavy atom. The van der Waals surface area contributed by atoms with E-state index in [1.54, 1.807) is 7.11 Å². The number of aliphatic hydroxyl groups is 2. The molecule has 5 saturated carbocycles. The normalized spacial score (nSPS) is 63.2. The lowest BCUT2D eigenvalue weighted by molar-refractivity contribution is -0.245. The third-order valence-electron chi connectivity index (χ3n) is 10.4. The van der Waals surface area contributed by atoms with Gasteiger partial charge in [-0.15, -0.1) is 0 Å². The second-order valence-electron chi connectivity index (χ2n) is 11.0. The first-order valence-corrected chi connectivity index (χ1v) is 11.1. The summed E-state index contributed by atoms with van der Waals surface area (Å²) in [4.78, 5) is 11.9. The van der Waals surface area contributed by atoms with Crippen molar-refractivity contribution in [1.29, 1.82) is 0 Å². The Morgan fingerprint density at radius 1 is 1.25 bits per heavy atom. The van der Waals surface area contributed by atoms with E-state index in [4.69, 9.17) is 9.47 Å². The van der Waals surface area contributed by atoms with Crippen molar-refractivity contribution in [2.24, 2.45) is 40.4 Å². The van der Waals surface area contributed by atoms with Gasteiger partial charge >= 0.3 is 5.97 Å². The maximum absolute atomic E-state index is 12.2. The molecule has 1 unspecified atom stereocenters. The Morgan fingerprint density at radius 2 is 2.04 bits per heavy atom. The van der Waals surface area contributed by atoms with Gasteiger partial charge in [0.2, 0.25) is 0 Å². The predicted octanol–water partition coefficient (Wildman–Crippen LogP) is 1.09. The Labute approximate surface area is 166 Å². The summed E-state index contributed by atoms with van der Waals surface area (Å²) < 4.78 is 11.7. The van der Waals surface area contributed by atoms with Crippen molar-refractivity contribution in [3.63, 3.8) is 0 Å². The Kier molecular flexibility index (Phi) is 3.44. The van der Waals surface area contributed by atoms with Crippen LogP contribution >= 0.6 is 0 Å². The number of hydrogen-bond acceptors (Lipinski definition) is 6. The summed E-state index contributed by atoms with van der Waals surface area (Å²) in [5, 5.41) is 27.5. The van der Waals surface area contributed by atoms with Crippen LogP contribution in [-0.2, 0) is 14.3 Å². The van der Waals surface area contributed by atoms with Crippen molar-refractivity contribution in [1.82, 2.24) is 5.32 Å². The zero-order chi connectivity index (χ0) is 19.6. The lowest BCUT2D eigenvalue weighted by atomic mass is 9.44. The van der Waals surface area contributed by atoms with Crippen LogP contribution in [0, 0.1) is 40.4 Å². The third-order valence-corrected chi connectivity index (χ3v) is 10.4. The maximum Gasteiger partial charge on any atom is 0.302 e. The second-order valence-corrected chi connectivity index (χ2v) is 11.0. The standard InChI is InChI=1S/C22H33NO5/c1-10(24)28-18-11-6-12-17(18)21(26,8-14(11)27-3)13-7-15-20(2)5-4-16(25)22(12,15)19(13)23-9-20/h11-19,23,25-26H,4-9H2,1-3H3/t11-,12-,13+,14+,15-,16+,17-,18+,19?,20+,21+,22-/m1/s1. The Hall–Kier alpha value is -0.690. The molecule has 0 aromatic rings. The quantitative estimate of drug-likeness (QED) is 0.611. The molecule has 6 fully saturated rings. The van der Waals surface area contributed by atoms with Crippen molar-refractivity contribution in [2.45, 2.75) is 75.9 Å². The van der Waals surface area contributed by atoms with Gasteiger partial charge in [-0.1, -0.05) is 6.92 Å². The number of rotatable bonds is 2. The van der Waals surface area contributed by atoms with E-state index in [0.29, 0.717) is 12.3 Å². The van der Waals surface area contributed by atoms with Crippen LogP contribution in [0.25, 0.3) is 0 Å². The van der Waals surface area contributed by atoms with Crippen molar-refractivity contribution in [2.75, 3.05) is 13.7 Å². The highest BCUT2D eigenvalue weighted by Crippen LogP contribution is 2.77. The van der Waals surface area contributed by atoms with E-state index < -0.39 is 5.60 Å². The van der Waals surface area contributed by atoms with E-state index in [1.165, 1.54) is 6.92 Å². The van der Waals surface area contributed by atoms with E-state index in [0.717, 1.165) is 32.2 Å². The molecule has 1 spiro atoms. The minimum Gasteiger partial charge on any atom is -0.462 e. The molecule has 6 aliphatic rings. The van der Waals surface area contributed by atoms with Crippen LogP contribution < -0.4 is 5.32 Å². The number of methoxy groups -OCH3 is 1. The molecular weight excluding hydrogens is 358 g/mol. The fourth-order valence-electron chi connectivity index (χ4n) is 9.68. The molecule has 0 aromatic heterocycles. The molecule has 0 amide bonds. The molecule has 1 heterocycles. The van der Waals surface area contributed by atoms with Gasteiger partial charge in [0.1, 0.15) is 6.10 Å². The number of esters is 1. The zero-order valence-corrected chi connectivity index (χ0v) is 17.1. The van der Waals surface area contributed by atoms with Gasteiger partial charge in [0.25, 0.3) is 0 Å². The second kappa shape index (κ2) is 5.32. The number of nitrogens with one attached hydrogen (secondary N) is 1. The lowest BCUT2D eigenvalue weighted by Gasteiger charge is -2.66. The summed E-state index contributed by atoms with van der Waals surface area (Å²) in [6, 6.07) is 0.152. The molecule has 3 N–H and O–H groups in total. The van der Waals surface area contributed by atoms with Gasteiger partial charge in [0, 0.05) is 56.2 Å². The third kappa shape index (κ3) is 1.76. The van der Waals surface area contributed by atoms with Gasteiger partial charge in [0.05, 0.1) is 17.8 Å². The zero-order valence-electron chi connectivity index (χ0n) is 17.1. The first-order chi connectivity index (χ1) is 13.3. The highest BCUT2D eigenvalue weighted by atomic mass is 16.5. The van der Waals surface area contributed by atoms with Crippen LogP contribution in [0.2, 0.25) is 0 Å². The molecule has 0 aromatic carbocycles. The summed E-state index contributed by atoms with van der Waals surface area (Å²) in [6.07, 6.45) is 3.59.